The van der Waals surface area contributed by atoms with E-state index < -0.39 is 0 Å². The molecule has 5 heteroatoms. The van der Waals surface area contributed by atoms with E-state index in [2.05, 4.69) is 15.3 Å². The summed E-state index contributed by atoms with van der Waals surface area (Å²) in [7, 11) is 0. The Bertz CT molecular complexity index is 1090. The molecule has 0 unspecified atom stereocenters. The average Bonchev–Trinajstić information content (AvgIpc) is 2.83. The molecule has 0 aliphatic carbocycles. The summed E-state index contributed by atoms with van der Waals surface area (Å²) >= 11 is 0. The first-order chi connectivity index (χ1) is 14.8. The van der Waals surface area contributed by atoms with E-state index in [1.807, 2.05) is 85.1 Å². The molecule has 0 saturated heterocycles. The molecule has 1 N–H and O–H groups in total. The summed E-state index contributed by atoms with van der Waals surface area (Å²) in [5.41, 5.74) is 4.19. The number of carbonyl (C=O) groups excluding carboxylic acids is 1. The number of hydrogen-bond acceptors (Lipinski definition) is 4. The van der Waals surface area contributed by atoms with Crippen LogP contribution in [0.5, 0.6) is 0 Å². The Hall–Kier alpha value is -3.99. The molecule has 30 heavy (non-hydrogen) atoms. The number of pyridine rings is 2. The summed E-state index contributed by atoms with van der Waals surface area (Å²) in [5.74, 6) is -0.143. The third-order valence-electron chi connectivity index (χ3n) is 4.70. The lowest BCUT2D eigenvalue weighted by Gasteiger charge is -2.23. The highest BCUT2D eigenvalue weighted by atomic mass is 16.2. The molecule has 148 valence electrons. The minimum Gasteiger partial charge on any atom is -0.381 e. The van der Waals surface area contributed by atoms with E-state index in [9.17, 15) is 4.79 Å². The molecule has 0 spiro atoms. The number of amides is 1. The third-order valence-corrected chi connectivity index (χ3v) is 4.70. The lowest BCUT2D eigenvalue weighted by atomic mass is 10.1. The Morgan fingerprint density at radius 3 is 2.30 bits per heavy atom. The Labute approximate surface area is 176 Å². The first-order valence-electron chi connectivity index (χ1n) is 9.79. The molecule has 0 fully saturated rings. The van der Waals surface area contributed by atoms with Crippen LogP contribution in [0, 0.1) is 0 Å². The van der Waals surface area contributed by atoms with Gasteiger partial charge in [-0.25, -0.2) is 0 Å². The molecule has 0 aliphatic rings. The van der Waals surface area contributed by atoms with E-state index in [-0.39, 0.29) is 5.91 Å². The summed E-state index contributed by atoms with van der Waals surface area (Å²) in [6.45, 7) is 1.09. The summed E-state index contributed by atoms with van der Waals surface area (Å²) < 4.78 is 0. The van der Waals surface area contributed by atoms with Crippen molar-refractivity contribution in [3.05, 3.63) is 120 Å². The van der Waals surface area contributed by atoms with Gasteiger partial charge < -0.3 is 10.2 Å². The smallest absolute Gasteiger partial charge is 0.277 e. The van der Waals surface area contributed by atoms with Crippen LogP contribution < -0.4 is 10.2 Å². The quantitative estimate of drug-likeness (QED) is 0.483. The Kier molecular flexibility index (Phi) is 6.11. The maximum Gasteiger partial charge on any atom is 0.277 e. The standard InChI is InChI=1S/C25H22N4O/c30-25(24-16-22(13-15-27-24)28-18-21-10-7-14-26-17-21)29(23-11-5-2-6-12-23)19-20-8-3-1-4-9-20/h1-17H,18-19H2,(H,27,28). The number of carbonyl (C=O) groups is 1. The van der Waals surface area contributed by atoms with E-state index in [0.717, 1.165) is 22.5 Å². The van der Waals surface area contributed by atoms with E-state index >= 15 is 0 Å². The summed E-state index contributed by atoms with van der Waals surface area (Å²) in [5, 5.41) is 3.33. The highest BCUT2D eigenvalue weighted by Crippen LogP contribution is 2.20. The van der Waals surface area contributed by atoms with E-state index in [0.29, 0.717) is 18.8 Å². The van der Waals surface area contributed by atoms with Crippen LogP contribution in [0.25, 0.3) is 0 Å². The maximum atomic E-state index is 13.4. The van der Waals surface area contributed by atoms with Crippen LogP contribution in [0.2, 0.25) is 0 Å². The van der Waals surface area contributed by atoms with Crippen molar-refractivity contribution in [2.45, 2.75) is 13.1 Å². The van der Waals surface area contributed by atoms with Gasteiger partial charge in [0.05, 0.1) is 6.54 Å². The predicted octanol–water partition coefficient (Wildman–Crippen LogP) is 4.94. The molecule has 2 heterocycles. The van der Waals surface area contributed by atoms with Crippen LogP contribution in [-0.2, 0) is 13.1 Å². The van der Waals surface area contributed by atoms with Gasteiger partial charge in [0.15, 0.2) is 0 Å². The zero-order valence-electron chi connectivity index (χ0n) is 16.5. The summed E-state index contributed by atoms with van der Waals surface area (Å²) in [6, 6.07) is 27.2. The maximum absolute atomic E-state index is 13.4. The molecule has 4 aromatic rings. The minimum atomic E-state index is -0.143. The first kappa shape index (κ1) is 19.3. The van der Waals surface area contributed by atoms with Gasteiger partial charge in [0, 0.05) is 36.5 Å². The number of rotatable bonds is 7. The van der Waals surface area contributed by atoms with Crippen LogP contribution in [0.1, 0.15) is 21.6 Å². The first-order valence-corrected chi connectivity index (χ1v) is 9.79. The van der Waals surface area contributed by atoms with Crippen molar-refractivity contribution in [1.82, 2.24) is 9.97 Å². The highest BCUT2D eigenvalue weighted by Gasteiger charge is 2.19. The van der Waals surface area contributed by atoms with E-state index in [4.69, 9.17) is 0 Å². The molecule has 0 radical (unpaired) electrons. The number of anilines is 2. The topological polar surface area (TPSA) is 58.1 Å². The van der Waals surface area contributed by atoms with Crippen molar-refractivity contribution in [3.8, 4) is 0 Å². The Balaban J connectivity index is 1.56. The van der Waals surface area contributed by atoms with Crippen molar-refractivity contribution < 1.29 is 4.79 Å². The van der Waals surface area contributed by atoms with Crippen LogP contribution in [0.4, 0.5) is 11.4 Å². The number of nitrogens with zero attached hydrogens (tertiary/aromatic N) is 3. The fourth-order valence-corrected chi connectivity index (χ4v) is 3.16. The van der Waals surface area contributed by atoms with Gasteiger partial charge in [0.2, 0.25) is 0 Å². The lowest BCUT2D eigenvalue weighted by molar-refractivity contribution is 0.0980. The SMILES string of the molecule is O=C(c1cc(NCc2cccnc2)ccn1)N(Cc1ccccc1)c1ccccc1. The molecular formula is C25H22N4O. The second kappa shape index (κ2) is 9.47. The van der Waals surface area contributed by atoms with Gasteiger partial charge in [0.1, 0.15) is 5.69 Å². The Morgan fingerprint density at radius 2 is 1.57 bits per heavy atom. The molecule has 0 bridgehead atoms. The predicted molar refractivity (Wildman–Crippen MR) is 119 cm³/mol. The van der Waals surface area contributed by atoms with Crippen LogP contribution in [-0.4, -0.2) is 15.9 Å². The zero-order chi connectivity index (χ0) is 20.6. The lowest BCUT2D eigenvalue weighted by Crippen LogP contribution is -2.31. The van der Waals surface area contributed by atoms with Crippen molar-refractivity contribution >= 4 is 17.3 Å². The number of benzene rings is 2. The molecule has 2 aromatic heterocycles. The van der Waals surface area contributed by atoms with E-state index in [1.165, 1.54) is 0 Å². The molecule has 0 aliphatic heterocycles. The summed E-state index contributed by atoms with van der Waals surface area (Å²) in [4.78, 5) is 23.6. The molecular weight excluding hydrogens is 372 g/mol. The largest absolute Gasteiger partial charge is 0.381 e. The van der Waals surface area contributed by atoms with Crippen LogP contribution in [0.15, 0.2) is 104 Å². The van der Waals surface area contributed by atoms with Gasteiger partial charge in [0.25, 0.3) is 5.91 Å². The number of hydrogen-bond donors (Lipinski definition) is 1. The molecule has 4 rings (SSSR count). The second-order valence-corrected chi connectivity index (χ2v) is 6.86. The minimum absolute atomic E-state index is 0.143. The Morgan fingerprint density at radius 1 is 0.833 bits per heavy atom. The number of nitrogens with one attached hydrogen (secondary N) is 1. The highest BCUT2D eigenvalue weighted by molar-refractivity contribution is 6.05. The van der Waals surface area contributed by atoms with Crippen LogP contribution in [0.3, 0.4) is 0 Å². The normalized spacial score (nSPS) is 10.4. The fourth-order valence-electron chi connectivity index (χ4n) is 3.16. The second-order valence-electron chi connectivity index (χ2n) is 6.86. The van der Waals surface area contributed by atoms with Crippen molar-refractivity contribution in [2.24, 2.45) is 0 Å². The number of aromatic nitrogens is 2. The monoisotopic (exact) mass is 394 g/mol. The van der Waals surface area contributed by atoms with Gasteiger partial charge in [-0.05, 0) is 41.5 Å². The van der Waals surface area contributed by atoms with Gasteiger partial charge in [-0.1, -0.05) is 54.6 Å². The fraction of sp³-hybridized carbons (Fsp3) is 0.0800. The zero-order valence-corrected chi connectivity index (χ0v) is 16.5. The molecule has 2 aromatic carbocycles. The molecule has 1 amide bonds. The third kappa shape index (κ3) is 4.89. The molecule has 0 atom stereocenters. The van der Waals surface area contributed by atoms with Gasteiger partial charge >= 0.3 is 0 Å². The van der Waals surface area contributed by atoms with Gasteiger partial charge in [-0.15, -0.1) is 0 Å². The molecule has 0 saturated carbocycles. The van der Waals surface area contributed by atoms with Crippen molar-refractivity contribution in [3.63, 3.8) is 0 Å². The van der Waals surface area contributed by atoms with Crippen molar-refractivity contribution in [1.29, 1.82) is 0 Å². The average molecular weight is 394 g/mol. The van der Waals surface area contributed by atoms with Gasteiger partial charge in [-0.3, -0.25) is 14.8 Å². The van der Waals surface area contributed by atoms with Crippen molar-refractivity contribution in [2.75, 3.05) is 10.2 Å². The summed E-state index contributed by atoms with van der Waals surface area (Å²) in [6.07, 6.45) is 5.22. The molecule has 5 nitrogen and oxygen atoms in total. The van der Waals surface area contributed by atoms with E-state index in [1.54, 1.807) is 23.4 Å². The van der Waals surface area contributed by atoms with Crippen LogP contribution >= 0.6 is 0 Å². The van der Waals surface area contributed by atoms with Gasteiger partial charge in [-0.2, -0.15) is 0 Å². The number of para-hydroxylation sites is 1.